The van der Waals surface area contributed by atoms with Crippen molar-refractivity contribution >= 4 is 27.7 Å². The van der Waals surface area contributed by atoms with E-state index in [0.29, 0.717) is 24.6 Å². The molecule has 2 rings (SSSR count). The van der Waals surface area contributed by atoms with Crippen LogP contribution in [0.5, 0.6) is 0 Å². The molecule has 1 aliphatic heterocycles. The van der Waals surface area contributed by atoms with Crippen molar-refractivity contribution in [1.29, 1.82) is 0 Å². The summed E-state index contributed by atoms with van der Waals surface area (Å²) < 4.78 is 0.940. The number of nitrogens with zero attached hydrogens (tertiary/aromatic N) is 1. The Morgan fingerprint density at radius 3 is 2.68 bits per heavy atom. The van der Waals surface area contributed by atoms with Crippen molar-refractivity contribution < 1.29 is 9.59 Å². The third kappa shape index (κ3) is 4.57. The highest BCUT2D eigenvalue weighted by Crippen LogP contribution is 2.20. The van der Waals surface area contributed by atoms with Gasteiger partial charge in [0.15, 0.2) is 0 Å². The predicted octanol–water partition coefficient (Wildman–Crippen LogP) is 3.36. The summed E-state index contributed by atoms with van der Waals surface area (Å²) in [5, 5.41) is 2.82. The summed E-state index contributed by atoms with van der Waals surface area (Å²) >= 11 is 3.34. The van der Waals surface area contributed by atoms with Gasteiger partial charge in [0, 0.05) is 35.6 Å². The van der Waals surface area contributed by atoms with Crippen molar-refractivity contribution in [2.45, 2.75) is 45.1 Å². The van der Waals surface area contributed by atoms with Crippen molar-refractivity contribution in [3.8, 4) is 0 Å². The molecule has 0 aliphatic carbocycles. The fraction of sp³-hybridized carbons (Fsp3) is 0.529. The molecule has 1 N–H and O–H groups in total. The average molecular weight is 367 g/mol. The van der Waals surface area contributed by atoms with Gasteiger partial charge in [0.1, 0.15) is 0 Å². The molecular formula is C17H23BrN2O2. The molecule has 1 heterocycles. The predicted molar refractivity (Wildman–Crippen MR) is 90.7 cm³/mol. The van der Waals surface area contributed by atoms with E-state index in [9.17, 15) is 9.59 Å². The second kappa shape index (κ2) is 8.32. The molecule has 1 saturated heterocycles. The molecular weight excluding hydrogens is 344 g/mol. The smallest absolute Gasteiger partial charge is 0.251 e. The Bertz CT molecular complexity index is 516. The van der Waals surface area contributed by atoms with Crippen molar-refractivity contribution in [3.63, 3.8) is 0 Å². The maximum Gasteiger partial charge on any atom is 0.251 e. The zero-order valence-corrected chi connectivity index (χ0v) is 14.6. The molecule has 1 fully saturated rings. The van der Waals surface area contributed by atoms with Gasteiger partial charge >= 0.3 is 0 Å². The first-order valence-corrected chi connectivity index (χ1v) is 8.74. The Morgan fingerprint density at radius 1 is 1.27 bits per heavy atom. The molecule has 22 heavy (non-hydrogen) atoms. The summed E-state index contributed by atoms with van der Waals surface area (Å²) in [6.45, 7) is 3.38. The molecule has 0 spiro atoms. The Labute approximate surface area is 140 Å². The van der Waals surface area contributed by atoms with Gasteiger partial charge in [0.2, 0.25) is 5.91 Å². The van der Waals surface area contributed by atoms with E-state index < -0.39 is 0 Å². The van der Waals surface area contributed by atoms with Gasteiger partial charge in [-0.3, -0.25) is 9.59 Å². The van der Waals surface area contributed by atoms with Crippen molar-refractivity contribution in [2.24, 2.45) is 0 Å². The molecule has 1 atom stereocenters. The third-order valence-electron chi connectivity index (χ3n) is 4.15. The molecule has 120 valence electrons. The van der Waals surface area contributed by atoms with Crippen molar-refractivity contribution in [1.82, 2.24) is 10.2 Å². The maximum atomic E-state index is 12.3. The fourth-order valence-electron chi connectivity index (χ4n) is 2.88. The molecule has 0 saturated carbocycles. The number of halogens is 1. The topological polar surface area (TPSA) is 49.4 Å². The zero-order chi connectivity index (χ0) is 15.9. The number of carbonyl (C=O) groups excluding carboxylic acids is 2. The molecule has 0 bridgehead atoms. The van der Waals surface area contributed by atoms with Gasteiger partial charge in [-0.15, -0.1) is 0 Å². The standard InChI is InChI=1S/C17H23BrN2O2/c1-2-15-5-3-4-12-20(15)16(21)10-11-19-17(22)13-6-8-14(18)9-7-13/h6-9,15H,2-5,10-12H2,1H3,(H,19,22). The summed E-state index contributed by atoms with van der Waals surface area (Å²) in [6, 6.07) is 7.57. The lowest BCUT2D eigenvalue weighted by molar-refractivity contribution is -0.134. The summed E-state index contributed by atoms with van der Waals surface area (Å²) in [7, 11) is 0. The van der Waals surface area contributed by atoms with E-state index in [-0.39, 0.29) is 11.8 Å². The van der Waals surface area contributed by atoms with Crippen LogP contribution in [0.1, 0.15) is 49.4 Å². The number of piperidine rings is 1. The lowest BCUT2D eigenvalue weighted by atomic mass is 9.99. The minimum absolute atomic E-state index is 0.133. The van der Waals surface area contributed by atoms with Crippen molar-refractivity contribution in [2.75, 3.05) is 13.1 Å². The van der Waals surface area contributed by atoms with Crippen LogP contribution in [0.2, 0.25) is 0 Å². The number of nitrogens with one attached hydrogen (secondary N) is 1. The Kier molecular flexibility index (Phi) is 6.43. The minimum Gasteiger partial charge on any atom is -0.352 e. The lowest BCUT2D eigenvalue weighted by Gasteiger charge is -2.35. The highest BCUT2D eigenvalue weighted by Gasteiger charge is 2.24. The van der Waals surface area contributed by atoms with Crippen LogP contribution in [0.3, 0.4) is 0 Å². The van der Waals surface area contributed by atoms with E-state index in [2.05, 4.69) is 28.2 Å². The summed E-state index contributed by atoms with van der Waals surface area (Å²) in [4.78, 5) is 26.3. The van der Waals surface area contributed by atoms with Crippen LogP contribution >= 0.6 is 15.9 Å². The van der Waals surface area contributed by atoms with Gasteiger partial charge in [-0.25, -0.2) is 0 Å². The van der Waals surface area contributed by atoms with E-state index in [1.54, 1.807) is 12.1 Å². The van der Waals surface area contributed by atoms with Crippen LogP contribution in [0, 0.1) is 0 Å². The fourth-order valence-corrected chi connectivity index (χ4v) is 3.15. The zero-order valence-electron chi connectivity index (χ0n) is 13.0. The monoisotopic (exact) mass is 366 g/mol. The van der Waals surface area contributed by atoms with E-state index in [0.717, 1.165) is 30.3 Å². The Hall–Kier alpha value is -1.36. The second-order valence-corrected chi connectivity index (χ2v) is 6.57. The van der Waals surface area contributed by atoms with E-state index in [1.165, 1.54) is 6.42 Å². The summed E-state index contributed by atoms with van der Waals surface area (Å²) in [6.07, 6.45) is 4.79. The van der Waals surface area contributed by atoms with Gasteiger partial charge in [-0.2, -0.15) is 0 Å². The largest absolute Gasteiger partial charge is 0.352 e. The number of benzene rings is 1. The van der Waals surface area contributed by atoms with Crippen LogP contribution in [0.4, 0.5) is 0 Å². The summed E-state index contributed by atoms with van der Waals surface area (Å²) in [5.74, 6) is 0.0219. The number of hydrogen-bond donors (Lipinski definition) is 1. The molecule has 1 unspecified atom stereocenters. The SMILES string of the molecule is CCC1CCCCN1C(=O)CCNC(=O)c1ccc(Br)cc1. The normalized spacial score (nSPS) is 18.1. The van der Waals surface area contributed by atoms with Gasteiger partial charge in [0.25, 0.3) is 5.91 Å². The molecule has 0 radical (unpaired) electrons. The van der Waals surface area contributed by atoms with Gasteiger partial charge < -0.3 is 10.2 Å². The van der Waals surface area contributed by atoms with Crippen LogP contribution < -0.4 is 5.32 Å². The van der Waals surface area contributed by atoms with Crippen LogP contribution in [0.25, 0.3) is 0 Å². The molecule has 1 aromatic carbocycles. The molecule has 0 aromatic heterocycles. The van der Waals surface area contributed by atoms with Crippen LogP contribution in [-0.2, 0) is 4.79 Å². The lowest BCUT2D eigenvalue weighted by Crippen LogP contribution is -2.44. The number of amides is 2. The number of likely N-dealkylation sites (tertiary alicyclic amines) is 1. The first-order chi connectivity index (χ1) is 10.6. The highest BCUT2D eigenvalue weighted by atomic mass is 79.9. The Morgan fingerprint density at radius 2 is 2.00 bits per heavy atom. The molecule has 1 aromatic rings. The number of rotatable bonds is 5. The number of carbonyl (C=O) groups is 2. The first-order valence-electron chi connectivity index (χ1n) is 7.95. The molecule has 1 aliphatic rings. The first kappa shape index (κ1) is 17.0. The summed E-state index contributed by atoms with van der Waals surface area (Å²) in [5.41, 5.74) is 0.611. The highest BCUT2D eigenvalue weighted by molar-refractivity contribution is 9.10. The van der Waals surface area contributed by atoms with Gasteiger partial charge in [0.05, 0.1) is 0 Å². The Balaban J connectivity index is 1.78. The average Bonchev–Trinajstić information content (AvgIpc) is 2.55. The second-order valence-electron chi connectivity index (χ2n) is 5.66. The molecule has 2 amide bonds. The van der Waals surface area contributed by atoms with Gasteiger partial charge in [-0.1, -0.05) is 22.9 Å². The van der Waals surface area contributed by atoms with E-state index in [4.69, 9.17) is 0 Å². The van der Waals surface area contributed by atoms with E-state index >= 15 is 0 Å². The third-order valence-corrected chi connectivity index (χ3v) is 4.68. The van der Waals surface area contributed by atoms with Gasteiger partial charge in [-0.05, 0) is 49.9 Å². The van der Waals surface area contributed by atoms with Crippen LogP contribution in [0.15, 0.2) is 28.7 Å². The molecule has 5 heteroatoms. The maximum absolute atomic E-state index is 12.3. The molecule has 4 nitrogen and oxygen atoms in total. The van der Waals surface area contributed by atoms with Crippen molar-refractivity contribution in [3.05, 3.63) is 34.3 Å². The van der Waals surface area contributed by atoms with E-state index in [1.807, 2.05) is 17.0 Å². The quantitative estimate of drug-likeness (QED) is 0.868. The number of hydrogen-bond acceptors (Lipinski definition) is 2. The minimum atomic E-state index is -0.133. The van der Waals surface area contributed by atoms with Crippen LogP contribution in [-0.4, -0.2) is 35.8 Å².